The van der Waals surface area contributed by atoms with E-state index >= 15 is 0 Å². The van der Waals surface area contributed by atoms with Gasteiger partial charge in [-0.15, -0.1) is 0 Å². The van der Waals surface area contributed by atoms with E-state index in [1.807, 2.05) is 52.0 Å². The Morgan fingerprint density at radius 2 is 1.57 bits per heavy atom. The van der Waals surface area contributed by atoms with E-state index in [0.29, 0.717) is 25.8 Å². The largest absolute Gasteiger partial charge is 0.447 e. The first-order valence-corrected chi connectivity index (χ1v) is 17.6. The molecule has 1 aromatic rings. The van der Waals surface area contributed by atoms with E-state index < -0.39 is 53.9 Å². The van der Waals surface area contributed by atoms with Gasteiger partial charge in [-0.25, -0.2) is 9.59 Å². The molecule has 1 aromatic carbocycles. The molecule has 3 fully saturated rings. The summed E-state index contributed by atoms with van der Waals surface area (Å²) in [7, 11) is 0. The van der Waals surface area contributed by atoms with Gasteiger partial charge in [0, 0.05) is 12.6 Å². The number of ketones is 1. The second kappa shape index (κ2) is 14.4. The lowest BCUT2D eigenvalue weighted by Gasteiger charge is -2.35. The number of urea groups is 1. The monoisotopic (exact) mass is 680 g/mol. The van der Waals surface area contributed by atoms with Crippen molar-refractivity contribution >= 4 is 35.6 Å². The zero-order valence-electron chi connectivity index (χ0n) is 29.4. The van der Waals surface area contributed by atoms with Gasteiger partial charge < -0.3 is 36.6 Å². The van der Waals surface area contributed by atoms with E-state index in [9.17, 15) is 28.8 Å². The normalized spacial score (nSPS) is 23.9. The highest BCUT2D eigenvalue weighted by Gasteiger charge is 2.70. The number of benzene rings is 1. The Labute approximate surface area is 288 Å². The number of hydrogen-bond donors (Lipinski definition) is 5. The van der Waals surface area contributed by atoms with Gasteiger partial charge >= 0.3 is 12.1 Å². The minimum absolute atomic E-state index is 0.0595. The molecule has 2 saturated carbocycles. The van der Waals surface area contributed by atoms with E-state index in [0.717, 1.165) is 24.0 Å². The first kappa shape index (κ1) is 36.1. The smallest absolute Gasteiger partial charge is 0.407 e. The summed E-state index contributed by atoms with van der Waals surface area (Å²) in [6.45, 7) is 11.8. The molecule has 4 aliphatic rings. The van der Waals surface area contributed by atoms with Crippen molar-refractivity contribution in [3.63, 3.8) is 0 Å². The quantitative estimate of drug-likeness (QED) is 0.186. The fourth-order valence-corrected chi connectivity index (χ4v) is 7.74. The Bertz CT molecular complexity index is 1450. The average Bonchev–Trinajstić information content (AvgIpc) is 3.78. The molecule has 49 heavy (non-hydrogen) atoms. The second-order valence-corrected chi connectivity index (χ2v) is 15.6. The molecule has 3 unspecified atom stereocenters. The summed E-state index contributed by atoms with van der Waals surface area (Å²) in [6.07, 6.45) is 2.71. The van der Waals surface area contributed by atoms with Crippen LogP contribution in [-0.2, 0) is 36.8 Å². The summed E-state index contributed by atoms with van der Waals surface area (Å²) in [6, 6.07) is 3.84. The third kappa shape index (κ3) is 8.18. The summed E-state index contributed by atoms with van der Waals surface area (Å²) in [4.78, 5) is 80.5. The number of amides is 6. The van der Waals surface area contributed by atoms with Crippen molar-refractivity contribution in [3.05, 3.63) is 35.4 Å². The van der Waals surface area contributed by atoms with Crippen LogP contribution in [0.2, 0.25) is 0 Å². The van der Waals surface area contributed by atoms with Crippen molar-refractivity contribution in [2.45, 2.75) is 104 Å². The molecular formula is C36H52N6O7. The molecule has 0 aromatic heterocycles. The van der Waals surface area contributed by atoms with E-state index in [1.54, 1.807) is 4.90 Å². The summed E-state index contributed by atoms with van der Waals surface area (Å²) < 4.78 is 5.36. The van der Waals surface area contributed by atoms with Gasteiger partial charge in [0.05, 0.1) is 12.1 Å². The number of nitrogens with zero attached hydrogens (tertiary/aromatic N) is 1. The third-order valence-corrected chi connectivity index (χ3v) is 10.9. The predicted molar refractivity (Wildman–Crippen MR) is 181 cm³/mol. The summed E-state index contributed by atoms with van der Waals surface area (Å²) >= 11 is 0. The number of fused-ring (bicyclic) bond motifs is 2. The lowest BCUT2D eigenvalue weighted by Crippen LogP contribution is -2.61. The van der Waals surface area contributed by atoms with Gasteiger partial charge in [-0.3, -0.25) is 19.2 Å². The number of piperidine rings is 1. The fraction of sp³-hybridized carbons (Fsp3) is 0.667. The molecule has 3 aliphatic carbocycles. The van der Waals surface area contributed by atoms with Crippen molar-refractivity contribution in [3.8, 4) is 0 Å². The maximum Gasteiger partial charge on any atom is 0.407 e. The SMILES string of the molecule is CC(C)NC(=O)OC[C@@H](NC(=O)NC(C(=O)N1C[C@H]2[C@@H](C1C(=O)NC(CC1CC1)C(=O)C(N)=O)C2(C)C)C1Cc2ccccc2C1)C(C)C. The number of Topliss-reactive ketones (excluding diaryl/α,β-unsaturated/α-hetero) is 1. The topological polar surface area (TPSA) is 189 Å². The minimum atomic E-state index is -1.10. The highest BCUT2D eigenvalue weighted by Crippen LogP contribution is 2.65. The average molecular weight is 681 g/mol. The Hall–Kier alpha value is -4.16. The van der Waals surface area contributed by atoms with Crippen LogP contribution in [0.15, 0.2) is 24.3 Å². The number of carbonyl (C=O) groups excluding carboxylic acids is 6. The van der Waals surface area contributed by atoms with E-state index in [4.69, 9.17) is 10.5 Å². The van der Waals surface area contributed by atoms with Gasteiger partial charge in [0.2, 0.25) is 17.6 Å². The van der Waals surface area contributed by atoms with Crippen LogP contribution in [0.4, 0.5) is 9.59 Å². The molecule has 0 bridgehead atoms. The lowest BCUT2D eigenvalue weighted by atomic mass is 9.93. The molecule has 6 atom stereocenters. The van der Waals surface area contributed by atoms with Crippen molar-refractivity contribution in [1.82, 2.24) is 26.2 Å². The van der Waals surface area contributed by atoms with Gasteiger partial charge in [0.25, 0.3) is 5.91 Å². The second-order valence-electron chi connectivity index (χ2n) is 15.6. The molecule has 13 nitrogen and oxygen atoms in total. The number of alkyl carbamates (subject to hydrolysis) is 1. The Morgan fingerprint density at radius 1 is 0.939 bits per heavy atom. The van der Waals surface area contributed by atoms with E-state index in [2.05, 4.69) is 35.1 Å². The summed E-state index contributed by atoms with van der Waals surface area (Å²) in [5.41, 5.74) is 7.34. The van der Waals surface area contributed by atoms with Crippen LogP contribution in [0.5, 0.6) is 0 Å². The third-order valence-electron chi connectivity index (χ3n) is 10.9. The van der Waals surface area contributed by atoms with E-state index in [1.165, 1.54) is 0 Å². The molecule has 1 saturated heterocycles. The van der Waals surface area contributed by atoms with Gasteiger partial charge in [0.1, 0.15) is 18.7 Å². The van der Waals surface area contributed by atoms with Crippen LogP contribution in [0.25, 0.3) is 0 Å². The number of ether oxygens (including phenoxy) is 1. The van der Waals surface area contributed by atoms with Crippen LogP contribution in [0.3, 0.4) is 0 Å². The highest BCUT2D eigenvalue weighted by molar-refractivity contribution is 6.37. The fourth-order valence-electron chi connectivity index (χ4n) is 7.74. The molecule has 1 aliphatic heterocycles. The number of rotatable bonds is 14. The van der Waals surface area contributed by atoms with Gasteiger partial charge in [-0.1, -0.05) is 64.8 Å². The van der Waals surface area contributed by atoms with Gasteiger partial charge in [0.15, 0.2) is 0 Å². The molecular weight excluding hydrogens is 628 g/mol. The number of likely N-dealkylation sites (tertiary alicyclic amines) is 1. The molecule has 6 amide bonds. The van der Waals surface area contributed by atoms with Gasteiger partial charge in [-0.2, -0.15) is 0 Å². The number of hydrogen-bond acceptors (Lipinski definition) is 7. The molecule has 0 spiro atoms. The van der Waals surface area contributed by atoms with Crippen LogP contribution in [0, 0.1) is 35.0 Å². The van der Waals surface area contributed by atoms with E-state index in [-0.39, 0.29) is 53.6 Å². The molecule has 268 valence electrons. The van der Waals surface area contributed by atoms with Crippen molar-refractivity contribution in [2.24, 2.45) is 40.7 Å². The number of primary amides is 1. The Balaban J connectivity index is 1.36. The molecule has 0 radical (unpaired) electrons. The number of carbonyl (C=O) groups is 6. The van der Waals surface area contributed by atoms with Crippen LogP contribution < -0.4 is 27.0 Å². The van der Waals surface area contributed by atoms with Crippen molar-refractivity contribution in [1.29, 1.82) is 0 Å². The number of nitrogens with two attached hydrogens (primary N) is 1. The predicted octanol–water partition coefficient (Wildman–Crippen LogP) is 2.05. The van der Waals surface area contributed by atoms with Crippen LogP contribution in [-0.4, -0.2) is 83.9 Å². The Morgan fingerprint density at radius 3 is 2.12 bits per heavy atom. The Kier molecular flexibility index (Phi) is 10.6. The maximum absolute atomic E-state index is 14.6. The first-order valence-electron chi connectivity index (χ1n) is 17.6. The zero-order valence-corrected chi connectivity index (χ0v) is 29.4. The van der Waals surface area contributed by atoms with Crippen molar-refractivity contribution < 1.29 is 33.5 Å². The first-order chi connectivity index (χ1) is 23.1. The highest BCUT2D eigenvalue weighted by atomic mass is 16.5. The standard InChI is InChI=1S/C36H52N6O7/c1-18(2)26(17-49-35(48)38-19(3)4)40-34(47)41-28(23-14-21-9-7-8-10-22(21)15-23)33(46)42-16-24-27(36(24,5)6)29(42)32(45)39-25(13-20-11-12-20)30(43)31(37)44/h7-10,18-20,23-29H,11-17H2,1-6H3,(H2,37,44)(H,38,48)(H,39,45)(H2,40,41,47)/t24-,25?,26+,27-,28?,29?/m0/s1. The minimum Gasteiger partial charge on any atom is -0.447 e. The summed E-state index contributed by atoms with van der Waals surface area (Å²) in [5, 5.41) is 11.3. The zero-order chi connectivity index (χ0) is 35.8. The lowest BCUT2D eigenvalue weighted by molar-refractivity contribution is -0.144. The van der Waals surface area contributed by atoms with Crippen LogP contribution >= 0.6 is 0 Å². The van der Waals surface area contributed by atoms with Crippen LogP contribution in [0.1, 0.15) is 71.9 Å². The maximum atomic E-state index is 14.6. The molecule has 1 heterocycles. The molecule has 5 rings (SSSR count). The van der Waals surface area contributed by atoms with Crippen molar-refractivity contribution in [2.75, 3.05) is 13.2 Å². The summed E-state index contributed by atoms with van der Waals surface area (Å²) in [5.74, 6) is -2.99. The number of nitrogens with one attached hydrogen (secondary N) is 4. The molecule has 13 heteroatoms. The molecule has 6 N–H and O–H groups in total. The van der Waals surface area contributed by atoms with Gasteiger partial charge in [-0.05, 0) is 79.2 Å².